The van der Waals surface area contributed by atoms with Crippen LogP contribution in [0.25, 0.3) is 0 Å². The van der Waals surface area contributed by atoms with Gasteiger partial charge in [-0.25, -0.2) is 13.1 Å². The van der Waals surface area contributed by atoms with Gasteiger partial charge < -0.3 is 0 Å². The summed E-state index contributed by atoms with van der Waals surface area (Å²) in [6.07, 6.45) is 0. The van der Waals surface area contributed by atoms with Crippen LogP contribution in [0.1, 0.15) is 40.8 Å². The molecule has 0 radical (unpaired) electrons. The normalized spacial score (nSPS) is 13.1. The van der Waals surface area contributed by atoms with E-state index < -0.39 is 10.0 Å². The summed E-state index contributed by atoms with van der Waals surface area (Å²) in [5.74, 6) is 0. The SMILES string of the molecule is Cc1ccc(S(=O)(=O)NC(C)c2ccc(C)c(C)c2)c(C)c1. The molecule has 3 nitrogen and oxygen atoms in total. The molecule has 0 heterocycles. The Labute approximate surface area is 133 Å². The predicted molar refractivity (Wildman–Crippen MR) is 90.6 cm³/mol. The van der Waals surface area contributed by atoms with Gasteiger partial charge in [0.2, 0.25) is 10.0 Å². The first-order valence-electron chi connectivity index (χ1n) is 7.37. The number of nitrogens with one attached hydrogen (secondary N) is 1. The third kappa shape index (κ3) is 3.57. The zero-order chi connectivity index (χ0) is 16.5. The van der Waals surface area contributed by atoms with E-state index in [1.54, 1.807) is 6.07 Å². The summed E-state index contributed by atoms with van der Waals surface area (Å²) in [6.45, 7) is 9.72. The average molecular weight is 317 g/mol. The maximum atomic E-state index is 12.6. The second kappa shape index (κ2) is 6.23. The van der Waals surface area contributed by atoms with Gasteiger partial charge in [0.25, 0.3) is 0 Å². The smallest absolute Gasteiger partial charge is 0.207 e. The maximum absolute atomic E-state index is 12.6. The number of hydrogen-bond acceptors (Lipinski definition) is 2. The first-order chi connectivity index (χ1) is 10.2. The summed E-state index contributed by atoms with van der Waals surface area (Å²) >= 11 is 0. The Kier molecular flexibility index (Phi) is 4.73. The Morgan fingerprint density at radius 2 is 1.55 bits per heavy atom. The van der Waals surface area contributed by atoms with Gasteiger partial charge in [0, 0.05) is 6.04 Å². The third-order valence-electron chi connectivity index (χ3n) is 3.98. The predicted octanol–water partition coefficient (Wildman–Crippen LogP) is 3.96. The first kappa shape index (κ1) is 16.7. The molecule has 4 heteroatoms. The Hall–Kier alpha value is -1.65. The molecule has 0 fully saturated rings. The molecule has 1 atom stereocenters. The molecule has 0 amide bonds. The molecule has 118 valence electrons. The summed E-state index contributed by atoms with van der Waals surface area (Å²) in [5, 5.41) is 0. The van der Waals surface area contributed by atoms with Crippen LogP contribution in [0, 0.1) is 27.7 Å². The summed E-state index contributed by atoms with van der Waals surface area (Å²) in [4.78, 5) is 0.341. The molecule has 0 saturated carbocycles. The van der Waals surface area contributed by atoms with Crippen LogP contribution in [-0.2, 0) is 10.0 Å². The molecule has 2 aromatic rings. The Morgan fingerprint density at radius 3 is 2.14 bits per heavy atom. The third-order valence-corrected chi connectivity index (χ3v) is 5.68. The largest absolute Gasteiger partial charge is 0.241 e. The molecule has 22 heavy (non-hydrogen) atoms. The van der Waals surface area contributed by atoms with Crippen LogP contribution < -0.4 is 4.72 Å². The summed E-state index contributed by atoms with van der Waals surface area (Å²) in [7, 11) is -3.53. The fraction of sp³-hybridized carbons (Fsp3) is 0.333. The molecule has 1 unspecified atom stereocenters. The zero-order valence-electron chi connectivity index (χ0n) is 13.8. The average Bonchev–Trinajstić information content (AvgIpc) is 2.40. The Morgan fingerprint density at radius 1 is 0.864 bits per heavy atom. The summed E-state index contributed by atoms with van der Waals surface area (Å²) in [5.41, 5.74) is 5.15. The number of sulfonamides is 1. The van der Waals surface area contributed by atoms with E-state index in [1.807, 2.05) is 65.0 Å². The van der Waals surface area contributed by atoms with Crippen LogP contribution in [-0.4, -0.2) is 8.42 Å². The quantitative estimate of drug-likeness (QED) is 0.928. The van der Waals surface area contributed by atoms with Crippen molar-refractivity contribution in [3.05, 3.63) is 64.2 Å². The van der Waals surface area contributed by atoms with Gasteiger partial charge in [-0.15, -0.1) is 0 Å². The highest BCUT2D eigenvalue weighted by Crippen LogP contribution is 2.21. The Bertz CT molecular complexity index is 795. The van der Waals surface area contributed by atoms with Crippen LogP contribution in [0.5, 0.6) is 0 Å². The lowest BCUT2D eigenvalue weighted by atomic mass is 10.0. The summed E-state index contributed by atoms with van der Waals surface area (Å²) < 4.78 is 27.9. The van der Waals surface area contributed by atoms with Crippen molar-refractivity contribution in [1.82, 2.24) is 4.72 Å². The molecule has 0 saturated heterocycles. The van der Waals surface area contributed by atoms with Crippen LogP contribution in [0.4, 0.5) is 0 Å². The minimum Gasteiger partial charge on any atom is -0.207 e. The van der Waals surface area contributed by atoms with E-state index in [0.29, 0.717) is 4.90 Å². The van der Waals surface area contributed by atoms with Gasteiger partial charge in [-0.1, -0.05) is 35.9 Å². The zero-order valence-corrected chi connectivity index (χ0v) is 14.6. The molecular weight excluding hydrogens is 294 g/mol. The van der Waals surface area contributed by atoms with E-state index >= 15 is 0 Å². The van der Waals surface area contributed by atoms with E-state index in [0.717, 1.165) is 22.3 Å². The molecule has 0 aliphatic heterocycles. The fourth-order valence-electron chi connectivity index (χ4n) is 2.50. The highest BCUT2D eigenvalue weighted by Gasteiger charge is 2.20. The van der Waals surface area contributed by atoms with Crippen LogP contribution in [0.15, 0.2) is 41.3 Å². The second-order valence-corrected chi connectivity index (χ2v) is 7.64. The molecule has 0 aromatic heterocycles. The van der Waals surface area contributed by atoms with Gasteiger partial charge in [-0.05, 0) is 62.9 Å². The van der Waals surface area contributed by atoms with Crippen LogP contribution in [0.3, 0.4) is 0 Å². The van der Waals surface area contributed by atoms with Gasteiger partial charge in [-0.2, -0.15) is 0 Å². The second-order valence-electron chi connectivity index (χ2n) is 5.96. The molecule has 1 N–H and O–H groups in total. The number of benzene rings is 2. The first-order valence-corrected chi connectivity index (χ1v) is 8.86. The van der Waals surface area contributed by atoms with Crippen molar-refractivity contribution in [3.63, 3.8) is 0 Å². The van der Waals surface area contributed by atoms with Gasteiger partial charge in [0.15, 0.2) is 0 Å². The van der Waals surface area contributed by atoms with Gasteiger partial charge in [0.05, 0.1) is 4.90 Å². The number of rotatable bonds is 4. The highest BCUT2D eigenvalue weighted by atomic mass is 32.2. The molecule has 0 spiro atoms. The van der Waals surface area contributed by atoms with E-state index in [-0.39, 0.29) is 6.04 Å². The van der Waals surface area contributed by atoms with Crippen molar-refractivity contribution in [3.8, 4) is 0 Å². The highest BCUT2D eigenvalue weighted by molar-refractivity contribution is 7.89. The maximum Gasteiger partial charge on any atom is 0.241 e. The molecule has 2 aromatic carbocycles. The fourth-order valence-corrected chi connectivity index (χ4v) is 3.96. The van der Waals surface area contributed by atoms with Crippen molar-refractivity contribution in [2.24, 2.45) is 0 Å². The summed E-state index contributed by atoms with van der Waals surface area (Å²) in [6, 6.07) is 11.1. The van der Waals surface area contributed by atoms with Crippen molar-refractivity contribution in [2.45, 2.75) is 45.6 Å². The topological polar surface area (TPSA) is 46.2 Å². The number of hydrogen-bond donors (Lipinski definition) is 1. The van der Waals surface area contributed by atoms with Crippen LogP contribution in [0.2, 0.25) is 0 Å². The van der Waals surface area contributed by atoms with Crippen molar-refractivity contribution in [2.75, 3.05) is 0 Å². The van der Waals surface area contributed by atoms with E-state index in [9.17, 15) is 8.42 Å². The van der Waals surface area contributed by atoms with Gasteiger partial charge in [0.1, 0.15) is 0 Å². The molecular formula is C18H23NO2S. The lowest BCUT2D eigenvalue weighted by Crippen LogP contribution is -2.27. The minimum absolute atomic E-state index is 0.273. The lowest BCUT2D eigenvalue weighted by molar-refractivity contribution is 0.566. The Balaban J connectivity index is 2.29. The number of aryl methyl sites for hydroxylation is 4. The standard InChI is InChI=1S/C18H23NO2S/c1-12-6-9-18(15(4)10-12)22(20,21)19-16(5)17-8-7-13(2)14(3)11-17/h6-11,16,19H,1-5H3. The molecule has 2 rings (SSSR count). The van der Waals surface area contributed by atoms with E-state index in [1.165, 1.54) is 5.56 Å². The minimum atomic E-state index is -3.53. The lowest BCUT2D eigenvalue weighted by Gasteiger charge is -2.17. The van der Waals surface area contributed by atoms with Crippen LogP contribution >= 0.6 is 0 Å². The van der Waals surface area contributed by atoms with Crippen molar-refractivity contribution >= 4 is 10.0 Å². The van der Waals surface area contributed by atoms with E-state index in [4.69, 9.17) is 0 Å². The molecule has 0 aliphatic rings. The van der Waals surface area contributed by atoms with Gasteiger partial charge in [-0.3, -0.25) is 0 Å². The molecule has 0 bridgehead atoms. The monoisotopic (exact) mass is 317 g/mol. The van der Waals surface area contributed by atoms with Crippen molar-refractivity contribution < 1.29 is 8.42 Å². The van der Waals surface area contributed by atoms with E-state index in [2.05, 4.69) is 4.72 Å². The van der Waals surface area contributed by atoms with Gasteiger partial charge >= 0.3 is 0 Å². The van der Waals surface area contributed by atoms with Crippen molar-refractivity contribution in [1.29, 1.82) is 0 Å². The molecule has 0 aliphatic carbocycles.